The number of carbonyl (C=O) groups is 2. The number of piperidine rings is 1. The van der Waals surface area contributed by atoms with Crippen LogP contribution in [-0.2, 0) is 20.9 Å². The van der Waals surface area contributed by atoms with Crippen LogP contribution in [0, 0.1) is 12.8 Å². The molecule has 1 atom stereocenters. The van der Waals surface area contributed by atoms with Crippen molar-refractivity contribution in [3.8, 4) is 0 Å². The van der Waals surface area contributed by atoms with Crippen LogP contribution in [0.2, 0.25) is 0 Å². The third-order valence-corrected chi connectivity index (χ3v) is 3.53. The maximum absolute atomic E-state index is 11.9. The smallest absolute Gasteiger partial charge is 0.310 e. The average Bonchev–Trinajstić information content (AvgIpc) is 2.43. The summed E-state index contributed by atoms with van der Waals surface area (Å²) in [7, 11) is 1.39. The lowest BCUT2D eigenvalue weighted by Crippen LogP contribution is -2.42. The molecule has 1 amide bonds. The summed E-state index contributed by atoms with van der Waals surface area (Å²) in [6.07, 6.45) is 1.02. The van der Waals surface area contributed by atoms with Gasteiger partial charge in [-0.3, -0.25) is 9.59 Å². The number of esters is 1. The van der Waals surface area contributed by atoms with Gasteiger partial charge in [0.1, 0.15) is 0 Å². The third kappa shape index (κ3) is 3.34. The molecule has 0 radical (unpaired) electrons. The highest BCUT2D eigenvalue weighted by Crippen LogP contribution is 2.20. The zero-order valence-electron chi connectivity index (χ0n) is 11.4. The van der Waals surface area contributed by atoms with E-state index >= 15 is 0 Å². The SMILES string of the molecule is COC(=O)[C@H]1CCC(=O)N(Cc2ccc(C)cc2)C1. The van der Waals surface area contributed by atoms with E-state index in [4.69, 9.17) is 4.74 Å². The fraction of sp³-hybridized carbons (Fsp3) is 0.467. The number of benzene rings is 1. The van der Waals surface area contributed by atoms with Gasteiger partial charge < -0.3 is 9.64 Å². The first-order chi connectivity index (χ1) is 9.10. The van der Waals surface area contributed by atoms with Gasteiger partial charge in [0.05, 0.1) is 13.0 Å². The first kappa shape index (κ1) is 13.6. The molecule has 4 nitrogen and oxygen atoms in total. The summed E-state index contributed by atoms with van der Waals surface area (Å²) in [6, 6.07) is 8.10. The molecule has 0 bridgehead atoms. The molecule has 1 heterocycles. The van der Waals surface area contributed by atoms with E-state index in [-0.39, 0.29) is 17.8 Å². The molecule has 1 aliphatic heterocycles. The molecule has 0 unspecified atom stereocenters. The van der Waals surface area contributed by atoms with Crippen molar-refractivity contribution in [3.63, 3.8) is 0 Å². The Morgan fingerprint density at radius 2 is 2.05 bits per heavy atom. The number of methoxy groups -OCH3 is 1. The summed E-state index contributed by atoms with van der Waals surface area (Å²) in [5, 5.41) is 0. The van der Waals surface area contributed by atoms with E-state index in [0.717, 1.165) is 5.56 Å². The summed E-state index contributed by atoms with van der Waals surface area (Å²) in [5.41, 5.74) is 2.28. The quantitative estimate of drug-likeness (QED) is 0.781. The number of likely N-dealkylation sites (tertiary alicyclic amines) is 1. The second-order valence-electron chi connectivity index (χ2n) is 5.02. The predicted molar refractivity (Wildman–Crippen MR) is 71.3 cm³/mol. The molecular formula is C15H19NO3. The van der Waals surface area contributed by atoms with Crippen molar-refractivity contribution in [1.29, 1.82) is 0 Å². The number of carbonyl (C=O) groups excluding carboxylic acids is 2. The molecule has 1 aliphatic rings. The molecule has 0 saturated carbocycles. The molecule has 4 heteroatoms. The minimum Gasteiger partial charge on any atom is -0.469 e. The fourth-order valence-electron chi connectivity index (χ4n) is 2.34. The van der Waals surface area contributed by atoms with Gasteiger partial charge >= 0.3 is 5.97 Å². The maximum atomic E-state index is 11.9. The highest BCUT2D eigenvalue weighted by molar-refractivity contribution is 5.81. The van der Waals surface area contributed by atoms with Crippen LogP contribution >= 0.6 is 0 Å². The largest absolute Gasteiger partial charge is 0.469 e. The Morgan fingerprint density at radius 3 is 2.68 bits per heavy atom. The van der Waals surface area contributed by atoms with E-state index in [1.165, 1.54) is 12.7 Å². The van der Waals surface area contributed by atoms with Crippen molar-refractivity contribution in [1.82, 2.24) is 4.90 Å². The molecule has 1 aromatic carbocycles. The summed E-state index contributed by atoms with van der Waals surface area (Å²) in [6.45, 7) is 3.05. The molecule has 0 aliphatic carbocycles. The highest BCUT2D eigenvalue weighted by Gasteiger charge is 2.30. The van der Waals surface area contributed by atoms with Gasteiger partial charge in [-0.2, -0.15) is 0 Å². The van der Waals surface area contributed by atoms with Gasteiger partial charge in [-0.15, -0.1) is 0 Å². The summed E-state index contributed by atoms with van der Waals surface area (Å²) >= 11 is 0. The zero-order chi connectivity index (χ0) is 13.8. The average molecular weight is 261 g/mol. The third-order valence-electron chi connectivity index (χ3n) is 3.53. The van der Waals surface area contributed by atoms with Crippen LogP contribution < -0.4 is 0 Å². The Labute approximate surface area is 113 Å². The second-order valence-corrected chi connectivity index (χ2v) is 5.02. The normalized spacial score (nSPS) is 19.4. The zero-order valence-corrected chi connectivity index (χ0v) is 11.4. The molecule has 0 aromatic heterocycles. The van der Waals surface area contributed by atoms with Crippen molar-refractivity contribution < 1.29 is 14.3 Å². The second kappa shape index (κ2) is 5.87. The molecule has 0 spiro atoms. The summed E-state index contributed by atoms with van der Waals surface area (Å²) in [5.74, 6) is -0.296. The van der Waals surface area contributed by atoms with E-state index in [1.807, 2.05) is 31.2 Å². The van der Waals surface area contributed by atoms with Gasteiger partial charge in [0.2, 0.25) is 5.91 Å². The predicted octanol–water partition coefficient (Wildman–Crippen LogP) is 1.91. The first-order valence-corrected chi connectivity index (χ1v) is 6.51. The van der Waals surface area contributed by atoms with E-state index in [9.17, 15) is 9.59 Å². The Bertz CT molecular complexity index is 467. The lowest BCUT2D eigenvalue weighted by Gasteiger charge is -2.31. The summed E-state index contributed by atoms with van der Waals surface area (Å²) in [4.78, 5) is 25.2. The van der Waals surface area contributed by atoms with Crippen LogP contribution in [0.1, 0.15) is 24.0 Å². The first-order valence-electron chi connectivity index (χ1n) is 6.51. The molecule has 19 heavy (non-hydrogen) atoms. The number of hydrogen-bond donors (Lipinski definition) is 0. The van der Waals surface area contributed by atoms with E-state index in [1.54, 1.807) is 4.90 Å². The van der Waals surface area contributed by atoms with Crippen LogP contribution in [-0.4, -0.2) is 30.4 Å². The van der Waals surface area contributed by atoms with Gasteiger partial charge in [-0.1, -0.05) is 29.8 Å². The minimum atomic E-state index is -0.221. The van der Waals surface area contributed by atoms with Crippen molar-refractivity contribution in [2.45, 2.75) is 26.3 Å². The molecule has 0 N–H and O–H groups in total. The molecule has 2 rings (SSSR count). The van der Waals surface area contributed by atoms with Crippen LogP contribution in [0.5, 0.6) is 0 Å². The van der Waals surface area contributed by atoms with Gasteiger partial charge in [-0.25, -0.2) is 0 Å². The topological polar surface area (TPSA) is 46.6 Å². The van der Waals surface area contributed by atoms with Crippen molar-refractivity contribution >= 4 is 11.9 Å². The number of ether oxygens (including phenoxy) is 1. The van der Waals surface area contributed by atoms with Gasteiger partial charge in [-0.05, 0) is 18.9 Å². The van der Waals surface area contributed by atoms with Crippen LogP contribution in [0.3, 0.4) is 0 Å². The minimum absolute atomic E-state index is 0.112. The molecule has 1 saturated heterocycles. The fourth-order valence-corrected chi connectivity index (χ4v) is 2.34. The van der Waals surface area contributed by atoms with Crippen molar-refractivity contribution in [3.05, 3.63) is 35.4 Å². The monoisotopic (exact) mass is 261 g/mol. The van der Waals surface area contributed by atoms with E-state index < -0.39 is 0 Å². The molecule has 1 fully saturated rings. The van der Waals surface area contributed by atoms with Crippen molar-refractivity contribution in [2.24, 2.45) is 5.92 Å². The van der Waals surface area contributed by atoms with Crippen molar-refractivity contribution in [2.75, 3.05) is 13.7 Å². The standard InChI is InChI=1S/C15H19NO3/c1-11-3-5-12(6-4-11)9-16-10-13(15(18)19-2)7-8-14(16)17/h3-6,13H,7-10H2,1-2H3/t13-/m0/s1. The summed E-state index contributed by atoms with van der Waals surface area (Å²) < 4.78 is 4.76. The van der Waals surface area contributed by atoms with Gasteiger partial charge in [0.15, 0.2) is 0 Å². The Morgan fingerprint density at radius 1 is 1.37 bits per heavy atom. The lowest BCUT2D eigenvalue weighted by atomic mass is 9.97. The van der Waals surface area contributed by atoms with E-state index in [2.05, 4.69) is 0 Å². The maximum Gasteiger partial charge on any atom is 0.310 e. The van der Waals surface area contributed by atoms with Crippen LogP contribution in [0.25, 0.3) is 0 Å². The van der Waals surface area contributed by atoms with Gasteiger partial charge in [0, 0.05) is 19.5 Å². The lowest BCUT2D eigenvalue weighted by molar-refractivity contribution is -0.150. The van der Waals surface area contributed by atoms with Gasteiger partial charge in [0.25, 0.3) is 0 Å². The molecular weight excluding hydrogens is 242 g/mol. The van der Waals surface area contributed by atoms with Crippen LogP contribution in [0.15, 0.2) is 24.3 Å². The Balaban J connectivity index is 2.03. The Kier molecular flexibility index (Phi) is 4.20. The number of amides is 1. The Hall–Kier alpha value is -1.84. The number of rotatable bonds is 3. The van der Waals surface area contributed by atoms with E-state index in [0.29, 0.717) is 25.9 Å². The number of nitrogens with zero attached hydrogens (tertiary/aromatic N) is 1. The number of aryl methyl sites for hydroxylation is 1. The number of hydrogen-bond acceptors (Lipinski definition) is 3. The van der Waals surface area contributed by atoms with Crippen LogP contribution in [0.4, 0.5) is 0 Å². The molecule has 1 aromatic rings. The highest BCUT2D eigenvalue weighted by atomic mass is 16.5. The molecule has 102 valence electrons.